The zero-order valence-electron chi connectivity index (χ0n) is 16.1. The average molecular weight is 484 g/mol. The third kappa shape index (κ3) is 6.12. The normalized spacial score (nSPS) is 11.3. The monoisotopic (exact) mass is 483 g/mol. The van der Waals surface area contributed by atoms with Crippen LogP contribution >= 0.6 is 15.9 Å². The Morgan fingerprint density at radius 3 is 2.38 bits per heavy atom. The first-order valence-electron chi connectivity index (χ1n) is 8.87. The molecule has 0 aliphatic rings. The van der Waals surface area contributed by atoms with Crippen molar-refractivity contribution in [1.82, 2.24) is 4.31 Å². The van der Waals surface area contributed by atoms with Crippen molar-refractivity contribution in [2.45, 2.75) is 24.8 Å². The van der Waals surface area contributed by atoms with Crippen molar-refractivity contribution in [3.8, 4) is 0 Å². The van der Waals surface area contributed by atoms with Crippen molar-refractivity contribution < 1.29 is 27.5 Å². The molecule has 0 fully saturated rings. The number of halogens is 1. The minimum atomic E-state index is -3.96. The van der Waals surface area contributed by atoms with Crippen LogP contribution in [0.15, 0.2) is 57.9 Å². The number of rotatable bonds is 9. The molecule has 9 heteroatoms. The number of esters is 2. The quantitative estimate of drug-likeness (QED) is 0.507. The van der Waals surface area contributed by atoms with Gasteiger partial charge in [0, 0.05) is 17.6 Å². The lowest BCUT2D eigenvalue weighted by molar-refractivity contribution is -0.140. The van der Waals surface area contributed by atoms with E-state index in [1.165, 1.54) is 29.6 Å². The molecule has 2 aromatic rings. The Bertz CT molecular complexity index is 962. The summed E-state index contributed by atoms with van der Waals surface area (Å²) in [6.45, 7) is 1.95. The number of nitrogens with zero attached hydrogens (tertiary/aromatic N) is 1. The molecule has 0 aliphatic carbocycles. The molecular formula is C20H22BrNO6S. The van der Waals surface area contributed by atoms with Gasteiger partial charge in [0.25, 0.3) is 0 Å². The highest BCUT2D eigenvalue weighted by molar-refractivity contribution is 9.10. The Morgan fingerprint density at radius 1 is 1.10 bits per heavy atom. The number of methoxy groups -OCH3 is 1. The Hall–Kier alpha value is -2.23. The maximum absolute atomic E-state index is 13.3. The van der Waals surface area contributed by atoms with Gasteiger partial charge in [-0.05, 0) is 46.6 Å². The van der Waals surface area contributed by atoms with Gasteiger partial charge in [0.05, 0.1) is 30.6 Å². The van der Waals surface area contributed by atoms with Gasteiger partial charge in [-0.1, -0.05) is 30.3 Å². The zero-order chi connectivity index (χ0) is 21.4. The van der Waals surface area contributed by atoms with Crippen LogP contribution in [0.25, 0.3) is 0 Å². The Kier molecular flexibility index (Phi) is 8.36. The summed E-state index contributed by atoms with van der Waals surface area (Å²) in [6, 6.07) is 13.2. The van der Waals surface area contributed by atoms with Crippen LogP contribution < -0.4 is 0 Å². The van der Waals surface area contributed by atoms with E-state index in [0.717, 1.165) is 5.56 Å². The maximum atomic E-state index is 13.3. The summed E-state index contributed by atoms with van der Waals surface area (Å²) in [6.07, 6.45) is -0.0822. The molecule has 0 radical (unpaired) electrons. The van der Waals surface area contributed by atoms with Gasteiger partial charge in [0.2, 0.25) is 10.0 Å². The molecule has 156 valence electrons. The van der Waals surface area contributed by atoms with E-state index in [-0.39, 0.29) is 41.0 Å². The fraction of sp³-hybridized carbons (Fsp3) is 0.300. The second-order valence-corrected chi connectivity index (χ2v) is 8.78. The number of benzene rings is 2. The molecule has 0 spiro atoms. The topological polar surface area (TPSA) is 90.0 Å². The van der Waals surface area contributed by atoms with Crippen LogP contribution in [0.3, 0.4) is 0 Å². The number of ether oxygens (including phenoxy) is 2. The third-order valence-corrected chi connectivity index (χ3v) is 6.88. The number of carbonyl (C=O) groups excluding carboxylic acids is 2. The molecule has 0 heterocycles. The molecule has 0 bridgehead atoms. The molecular weight excluding hydrogens is 462 g/mol. The third-order valence-electron chi connectivity index (χ3n) is 4.06. The highest BCUT2D eigenvalue weighted by Gasteiger charge is 2.28. The predicted molar refractivity (Wildman–Crippen MR) is 111 cm³/mol. The summed E-state index contributed by atoms with van der Waals surface area (Å²) < 4.78 is 37.6. The number of hydrogen-bond donors (Lipinski definition) is 0. The van der Waals surface area contributed by atoms with Gasteiger partial charge in [0.1, 0.15) is 0 Å². The molecule has 0 atom stereocenters. The first-order chi connectivity index (χ1) is 13.8. The van der Waals surface area contributed by atoms with Crippen molar-refractivity contribution in [2.24, 2.45) is 0 Å². The smallest absolute Gasteiger partial charge is 0.338 e. The molecule has 0 saturated carbocycles. The minimum Gasteiger partial charge on any atom is -0.469 e. The first kappa shape index (κ1) is 23.1. The molecule has 2 aromatic carbocycles. The predicted octanol–water partition coefficient (Wildman–Crippen LogP) is 3.38. The maximum Gasteiger partial charge on any atom is 0.338 e. The van der Waals surface area contributed by atoms with Gasteiger partial charge in [0.15, 0.2) is 0 Å². The van der Waals surface area contributed by atoms with Crippen LogP contribution in [0.5, 0.6) is 0 Å². The van der Waals surface area contributed by atoms with E-state index in [1.54, 1.807) is 19.1 Å². The van der Waals surface area contributed by atoms with Crippen molar-refractivity contribution in [1.29, 1.82) is 0 Å². The number of sulfonamides is 1. The summed E-state index contributed by atoms with van der Waals surface area (Å²) in [5.41, 5.74) is 1.02. The lowest BCUT2D eigenvalue weighted by Gasteiger charge is -2.23. The fourth-order valence-corrected chi connectivity index (χ4v) is 5.05. The summed E-state index contributed by atoms with van der Waals surface area (Å²) in [5.74, 6) is -1.04. The molecule has 0 amide bonds. The van der Waals surface area contributed by atoms with E-state index in [1.807, 2.05) is 18.2 Å². The van der Waals surface area contributed by atoms with Gasteiger partial charge >= 0.3 is 11.9 Å². The molecule has 0 saturated heterocycles. The average Bonchev–Trinajstić information content (AvgIpc) is 2.71. The van der Waals surface area contributed by atoms with Crippen molar-refractivity contribution in [3.05, 3.63) is 64.1 Å². The van der Waals surface area contributed by atoms with Crippen molar-refractivity contribution in [3.63, 3.8) is 0 Å². The van der Waals surface area contributed by atoms with Crippen LogP contribution in [0.4, 0.5) is 0 Å². The van der Waals surface area contributed by atoms with E-state index in [0.29, 0.717) is 0 Å². The van der Waals surface area contributed by atoms with Gasteiger partial charge in [-0.2, -0.15) is 4.31 Å². The second-order valence-electron chi connectivity index (χ2n) is 6.02. The Labute approximate surface area is 178 Å². The standard InChI is InChI=1S/C20H22BrNO6S/c1-3-28-20(24)16-9-10-18(17(21)13-16)29(25,26)22(12-11-19(23)27-2)14-15-7-5-4-6-8-15/h4-10,13H,3,11-12,14H2,1-2H3. The van der Waals surface area contributed by atoms with Crippen LogP contribution in [0.2, 0.25) is 0 Å². The Balaban J connectivity index is 2.37. The summed E-state index contributed by atoms with van der Waals surface area (Å²) >= 11 is 3.24. The van der Waals surface area contributed by atoms with Crippen LogP contribution in [-0.4, -0.2) is 44.9 Å². The molecule has 7 nitrogen and oxygen atoms in total. The minimum absolute atomic E-state index is 0.00801. The van der Waals surface area contributed by atoms with Crippen molar-refractivity contribution in [2.75, 3.05) is 20.3 Å². The first-order valence-corrected chi connectivity index (χ1v) is 11.1. The van der Waals surface area contributed by atoms with Crippen LogP contribution in [0, 0.1) is 0 Å². The molecule has 2 rings (SSSR count). The molecule has 0 N–H and O–H groups in total. The molecule has 0 aromatic heterocycles. The lowest BCUT2D eigenvalue weighted by Crippen LogP contribution is -2.33. The fourth-order valence-electron chi connectivity index (χ4n) is 2.58. The summed E-state index contributed by atoms with van der Waals surface area (Å²) in [4.78, 5) is 23.5. The van der Waals surface area contributed by atoms with Gasteiger partial charge in [-0.15, -0.1) is 0 Å². The van der Waals surface area contributed by atoms with Crippen LogP contribution in [0.1, 0.15) is 29.3 Å². The van der Waals surface area contributed by atoms with E-state index in [9.17, 15) is 18.0 Å². The summed E-state index contributed by atoms with van der Waals surface area (Å²) in [7, 11) is -2.71. The van der Waals surface area contributed by atoms with E-state index in [4.69, 9.17) is 4.74 Å². The summed E-state index contributed by atoms with van der Waals surface area (Å²) in [5, 5.41) is 0. The van der Waals surface area contributed by atoms with Crippen molar-refractivity contribution >= 4 is 37.9 Å². The highest BCUT2D eigenvalue weighted by Crippen LogP contribution is 2.28. The van der Waals surface area contributed by atoms with Gasteiger partial charge in [-0.25, -0.2) is 13.2 Å². The van der Waals surface area contributed by atoms with E-state index in [2.05, 4.69) is 20.7 Å². The molecule has 0 aliphatic heterocycles. The van der Waals surface area contributed by atoms with E-state index < -0.39 is 22.0 Å². The van der Waals surface area contributed by atoms with E-state index >= 15 is 0 Å². The number of carbonyl (C=O) groups is 2. The van der Waals surface area contributed by atoms with Gasteiger partial charge < -0.3 is 9.47 Å². The zero-order valence-corrected chi connectivity index (χ0v) is 18.5. The van der Waals surface area contributed by atoms with Gasteiger partial charge in [-0.3, -0.25) is 4.79 Å². The SMILES string of the molecule is CCOC(=O)c1ccc(S(=O)(=O)N(CCC(=O)OC)Cc2ccccc2)c(Br)c1. The highest BCUT2D eigenvalue weighted by atomic mass is 79.9. The molecule has 0 unspecified atom stereocenters. The largest absolute Gasteiger partial charge is 0.469 e. The van der Waals surface area contributed by atoms with Crippen LogP contribution in [-0.2, 0) is 30.8 Å². The second kappa shape index (κ2) is 10.5. The Morgan fingerprint density at radius 2 is 1.79 bits per heavy atom. The number of hydrogen-bond acceptors (Lipinski definition) is 6. The lowest BCUT2D eigenvalue weighted by atomic mass is 10.2. The molecule has 29 heavy (non-hydrogen) atoms.